The van der Waals surface area contributed by atoms with Gasteiger partial charge >= 0.3 is 0 Å². The summed E-state index contributed by atoms with van der Waals surface area (Å²) in [5.41, 5.74) is 0.958. The fourth-order valence-corrected chi connectivity index (χ4v) is 6.06. The van der Waals surface area contributed by atoms with Gasteiger partial charge in [0.1, 0.15) is 0 Å². The Morgan fingerprint density at radius 3 is 2.26 bits per heavy atom. The lowest BCUT2D eigenvalue weighted by Crippen LogP contribution is -2.19. The Hall–Kier alpha value is -1.66. The predicted molar refractivity (Wildman–Crippen MR) is 93.6 cm³/mol. The second-order valence-electron chi connectivity index (χ2n) is 5.64. The van der Waals surface area contributed by atoms with Crippen molar-refractivity contribution in [1.82, 2.24) is 0 Å². The van der Waals surface area contributed by atoms with Gasteiger partial charge in [0.2, 0.25) is 0 Å². The molecular formula is C17H20O4S2. The minimum Gasteiger partial charge on any atom is -0.212 e. The van der Waals surface area contributed by atoms with E-state index in [9.17, 15) is 16.8 Å². The van der Waals surface area contributed by atoms with E-state index in [1.165, 1.54) is 12.1 Å². The zero-order chi connectivity index (χ0) is 17.1. The molecule has 2 aromatic carbocycles. The molecule has 0 saturated heterocycles. The Labute approximate surface area is 137 Å². The first-order valence-corrected chi connectivity index (χ1v) is 11.0. The van der Waals surface area contributed by atoms with Crippen LogP contribution in [-0.4, -0.2) is 22.6 Å². The van der Waals surface area contributed by atoms with E-state index in [1.807, 2.05) is 19.1 Å². The molecule has 0 aromatic heterocycles. The van der Waals surface area contributed by atoms with Crippen molar-refractivity contribution in [3.63, 3.8) is 0 Å². The van der Waals surface area contributed by atoms with E-state index >= 15 is 0 Å². The van der Waals surface area contributed by atoms with Crippen LogP contribution < -0.4 is 0 Å². The molecule has 0 unspecified atom stereocenters. The molecule has 0 amide bonds. The van der Waals surface area contributed by atoms with Crippen LogP contribution in [0.5, 0.6) is 0 Å². The molecule has 124 valence electrons. The molecule has 0 N–H and O–H groups in total. The molecule has 2 rings (SSSR count). The summed E-state index contributed by atoms with van der Waals surface area (Å²) in [6, 6.07) is 11.6. The first-order valence-electron chi connectivity index (χ1n) is 7.35. The summed E-state index contributed by atoms with van der Waals surface area (Å²) in [7, 11) is -8.62. The Bertz CT molecular complexity index is 926. The molecule has 0 aliphatic heterocycles. The number of unbranched alkanes of at least 4 members (excludes halogenated alkanes) is 1. The average Bonchev–Trinajstić information content (AvgIpc) is 2.50. The Kier molecular flexibility index (Phi) is 5.26. The molecule has 0 aliphatic carbocycles. The van der Waals surface area contributed by atoms with Gasteiger partial charge in [0, 0.05) is 0 Å². The lowest BCUT2D eigenvalue weighted by atomic mass is 10.1. The highest BCUT2D eigenvalue weighted by atomic mass is 33.2. The van der Waals surface area contributed by atoms with Crippen molar-refractivity contribution in [1.29, 1.82) is 0 Å². The number of rotatable bonds is 7. The summed E-state index contributed by atoms with van der Waals surface area (Å²) in [5.74, 6) is -0.366. The zero-order valence-corrected chi connectivity index (χ0v) is 14.7. The maximum absolute atomic E-state index is 12.4. The highest BCUT2D eigenvalue weighted by molar-refractivity contribution is 8.67. The van der Waals surface area contributed by atoms with Crippen molar-refractivity contribution < 1.29 is 16.8 Å². The first kappa shape index (κ1) is 17.7. The van der Waals surface area contributed by atoms with Gasteiger partial charge in [-0.15, -0.1) is 6.58 Å². The third-order valence-electron chi connectivity index (χ3n) is 3.59. The standard InChI is InChI=1S/C17H20O4S2/c1-14(2)7-5-6-12-22(18,19)23(20,21)17-11-10-15-8-3-4-9-16(15)13-17/h3-4,8-11,13H,1,5-7,12H2,2H3. The van der Waals surface area contributed by atoms with Crippen LogP contribution in [0.1, 0.15) is 26.2 Å². The quantitative estimate of drug-likeness (QED) is 0.433. The number of benzene rings is 2. The summed E-state index contributed by atoms with van der Waals surface area (Å²) in [6.45, 7) is 5.61. The molecule has 2 aromatic rings. The Morgan fingerprint density at radius 2 is 1.61 bits per heavy atom. The molecule has 0 radical (unpaired) electrons. The zero-order valence-electron chi connectivity index (χ0n) is 13.0. The Morgan fingerprint density at radius 1 is 0.957 bits per heavy atom. The maximum Gasteiger partial charge on any atom is 0.282 e. The summed E-state index contributed by atoms with van der Waals surface area (Å²) in [6.07, 6.45) is 1.62. The fourth-order valence-electron chi connectivity index (χ4n) is 2.28. The highest BCUT2D eigenvalue weighted by Gasteiger charge is 2.31. The highest BCUT2D eigenvalue weighted by Crippen LogP contribution is 2.24. The van der Waals surface area contributed by atoms with Gasteiger partial charge < -0.3 is 0 Å². The monoisotopic (exact) mass is 352 g/mol. The molecule has 23 heavy (non-hydrogen) atoms. The van der Waals surface area contributed by atoms with E-state index < -0.39 is 17.7 Å². The van der Waals surface area contributed by atoms with Gasteiger partial charge in [0.25, 0.3) is 17.7 Å². The lowest BCUT2D eigenvalue weighted by molar-refractivity contribution is 0.580. The maximum atomic E-state index is 12.4. The molecule has 6 heteroatoms. The summed E-state index contributed by atoms with van der Waals surface area (Å²) in [4.78, 5) is -0.170. The topological polar surface area (TPSA) is 68.3 Å². The summed E-state index contributed by atoms with van der Waals surface area (Å²) in [5, 5.41) is 1.57. The van der Waals surface area contributed by atoms with Crippen LogP contribution in [0.25, 0.3) is 10.8 Å². The van der Waals surface area contributed by atoms with Gasteiger partial charge in [-0.25, -0.2) is 16.8 Å². The van der Waals surface area contributed by atoms with Gasteiger partial charge in [-0.3, -0.25) is 0 Å². The van der Waals surface area contributed by atoms with E-state index in [0.717, 1.165) is 11.0 Å². The molecule has 0 spiro atoms. The molecule has 0 fully saturated rings. The minimum absolute atomic E-state index is 0.170. The summed E-state index contributed by atoms with van der Waals surface area (Å²) < 4.78 is 49.3. The van der Waals surface area contributed by atoms with Crippen LogP contribution in [0, 0.1) is 0 Å². The van der Waals surface area contributed by atoms with Crippen molar-refractivity contribution >= 4 is 28.5 Å². The normalized spacial score (nSPS) is 12.4. The predicted octanol–water partition coefficient (Wildman–Crippen LogP) is 3.69. The molecule has 4 nitrogen and oxygen atoms in total. The van der Waals surface area contributed by atoms with Crippen molar-refractivity contribution in [3.8, 4) is 0 Å². The first-order chi connectivity index (χ1) is 10.7. The van der Waals surface area contributed by atoms with Crippen molar-refractivity contribution in [2.45, 2.75) is 31.1 Å². The van der Waals surface area contributed by atoms with Crippen LogP contribution in [0.3, 0.4) is 0 Å². The van der Waals surface area contributed by atoms with Gasteiger partial charge in [0.15, 0.2) is 0 Å². The largest absolute Gasteiger partial charge is 0.282 e. The third kappa shape index (κ3) is 4.00. The van der Waals surface area contributed by atoms with Crippen molar-refractivity contribution in [2.75, 3.05) is 5.75 Å². The van der Waals surface area contributed by atoms with E-state index in [-0.39, 0.29) is 10.6 Å². The SMILES string of the molecule is C=C(C)CCCCS(=O)(=O)S(=O)(=O)c1ccc2ccccc2c1. The average molecular weight is 352 g/mol. The van der Waals surface area contributed by atoms with Crippen LogP contribution in [-0.2, 0) is 17.7 Å². The fraction of sp³-hybridized carbons (Fsp3) is 0.294. The van der Waals surface area contributed by atoms with Crippen LogP contribution in [0.15, 0.2) is 59.5 Å². The van der Waals surface area contributed by atoms with E-state index in [1.54, 1.807) is 18.2 Å². The van der Waals surface area contributed by atoms with Gasteiger partial charge in [0.05, 0.1) is 10.6 Å². The van der Waals surface area contributed by atoms with E-state index in [4.69, 9.17) is 0 Å². The van der Waals surface area contributed by atoms with Gasteiger partial charge in [-0.1, -0.05) is 35.9 Å². The molecule has 0 bridgehead atoms. The molecule has 0 atom stereocenters. The Balaban J connectivity index is 2.26. The number of fused-ring (bicyclic) bond motifs is 1. The lowest BCUT2D eigenvalue weighted by Gasteiger charge is -2.07. The van der Waals surface area contributed by atoms with Crippen molar-refractivity contribution in [2.24, 2.45) is 0 Å². The number of allylic oxidation sites excluding steroid dienone is 1. The number of hydrogen-bond acceptors (Lipinski definition) is 4. The molecule has 0 heterocycles. The third-order valence-corrected chi connectivity index (χ3v) is 8.96. The molecule has 0 saturated carbocycles. The van der Waals surface area contributed by atoms with Crippen LogP contribution in [0.4, 0.5) is 0 Å². The molecule has 0 aliphatic rings. The van der Waals surface area contributed by atoms with E-state index in [0.29, 0.717) is 24.6 Å². The second kappa shape index (κ2) is 6.84. The van der Waals surface area contributed by atoms with Crippen molar-refractivity contribution in [3.05, 3.63) is 54.6 Å². The molecular weight excluding hydrogens is 332 g/mol. The second-order valence-corrected chi connectivity index (χ2v) is 11.4. The summed E-state index contributed by atoms with van der Waals surface area (Å²) >= 11 is 0. The van der Waals surface area contributed by atoms with Crippen LogP contribution >= 0.6 is 0 Å². The number of hydrogen-bond donors (Lipinski definition) is 0. The van der Waals surface area contributed by atoms with Gasteiger partial charge in [-0.2, -0.15) is 0 Å². The smallest absolute Gasteiger partial charge is 0.212 e. The van der Waals surface area contributed by atoms with E-state index in [2.05, 4.69) is 6.58 Å². The van der Waals surface area contributed by atoms with Gasteiger partial charge in [-0.05, 0) is 49.1 Å². The minimum atomic E-state index is -4.38. The van der Waals surface area contributed by atoms with Crippen LogP contribution in [0.2, 0.25) is 0 Å².